The normalized spacial score (nSPS) is 13.4. The van der Waals surface area contributed by atoms with Crippen LogP contribution in [-0.2, 0) is 27.8 Å². The molecule has 3 rings (SSSR count). The molecule has 0 bridgehead atoms. The highest BCUT2D eigenvalue weighted by Crippen LogP contribution is 2.32. The fraction of sp³-hybridized carbons (Fsp3) is 0.440. The second-order valence-electron chi connectivity index (χ2n) is 9.49. The topological polar surface area (TPSA) is 84.3 Å². The number of carbonyl (C=O) groups is 1. The number of hydrogen-bond donors (Lipinski definition) is 1. The largest absolute Gasteiger partial charge is 0.349 e. The molecular weight excluding hydrogens is 436 g/mol. The van der Waals surface area contributed by atoms with E-state index in [2.05, 4.69) is 31.1 Å². The van der Waals surface area contributed by atoms with Gasteiger partial charge in [-0.1, -0.05) is 51.1 Å². The van der Waals surface area contributed by atoms with E-state index in [1.165, 1.54) is 18.4 Å². The van der Waals surface area contributed by atoms with E-state index >= 15 is 0 Å². The molecule has 0 saturated carbocycles. The van der Waals surface area contributed by atoms with Gasteiger partial charge in [-0.2, -0.15) is 0 Å². The Morgan fingerprint density at radius 1 is 1.12 bits per heavy atom. The highest BCUT2D eigenvalue weighted by molar-refractivity contribution is 7.89. The van der Waals surface area contributed by atoms with Crippen molar-refractivity contribution in [3.05, 3.63) is 59.9 Å². The Kier molecular flexibility index (Phi) is 7.29. The average molecular weight is 471 g/mol. The van der Waals surface area contributed by atoms with Crippen LogP contribution >= 0.6 is 0 Å². The van der Waals surface area contributed by atoms with Crippen molar-refractivity contribution in [3.63, 3.8) is 0 Å². The number of benzene rings is 2. The zero-order valence-electron chi connectivity index (χ0n) is 20.3. The first-order valence-corrected chi connectivity index (χ1v) is 12.6. The van der Waals surface area contributed by atoms with Crippen LogP contribution in [-0.4, -0.2) is 42.3 Å². The third-order valence-corrected chi connectivity index (χ3v) is 7.58. The second kappa shape index (κ2) is 9.65. The Labute approximate surface area is 196 Å². The van der Waals surface area contributed by atoms with Gasteiger partial charge in [0, 0.05) is 33.5 Å². The number of hydrogen-bond acceptors (Lipinski definition) is 4. The van der Waals surface area contributed by atoms with Gasteiger partial charge in [0.25, 0.3) is 0 Å². The smallest absolute Gasteiger partial charge is 0.242 e. The zero-order valence-corrected chi connectivity index (χ0v) is 21.1. The van der Waals surface area contributed by atoms with Crippen molar-refractivity contribution in [2.45, 2.75) is 58.0 Å². The SMILES string of the molecule is CCn1c(CCC(=O)NC(c2ccccc2)C(C)(C)C)nc2cc(S(=O)(=O)N(C)C)ccc21. The first-order valence-electron chi connectivity index (χ1n) is 11.2. The Balaban J connectivity index is 1.80. The molecule has 0 aliphatic carbocycles. The summed E-state index contributed by atoms with van der Waals surface area (Å²) in [6, 6.07) is 14.9. The molecule has 1 N–H and O–H groups in total. The van der Waals surface area contributed by atoms with Gasteiger partial charge in [0.05, 0.1) is 22.0 Å². The van der Waals surface area contributed by atoms with Gasteiger partial charge in [-0.3, -0.25) is 4.79 Å². The van der Waals surface area contributed by atoms with Crippen LogP contribution in [0.2, 0.25) is 0 Å². The van der Waals surface area contributed by atoms with Crippen LogP contribution in [0, 0.1) is 5.41 Å². The van der Waals surface area contributed by atoms with E-state index in [1.807, 2.05) is 41.8 Å². The second-order valence-corrected chi connectivity index (χ2v) is 11.6. The summed E-state index contributed by atoms with van der Waals surface area (Å²) < 4.78 is 28.2. The van der Waals surface area contributed by atoms with E-state index in [1.54, 1.807) is 18.2 Å². The van der Waals surface area contributed by atoms with Crippen LogP contribution in [0.25, 0.3) is 11.0 Å². The number of aromatic nitrogens is 2. The highest BCUT2D eigenvalue weighted by Gasteiger charge is 2.28. The molecule has 0 saturated heterocycles. The van der Waals surface area contributed by atoms with Crippen molar-refractivity contribution in [1.29, 1.82) is 0 Å². The fourth-order valence-corrected chi connectivity index (χ4v) is 4.90. The minimum Gasteiger partial charge on any atom is -0.349 e. The first-order chi connectivity index (χ1) is 15.4. The number of nitrogens with zero attached hydrogens (tertiary/aromatic N) is 3. The van der Waals surface area contributed by atoms with Gasteiger partial charge in [-0.05, 0) is 36.1 Å². The maximum absolute atomic E-state index is 12.9. The van der Waals surface area contributed by atoms with Gasteiger partial charge in [0.1, 0.15) is 5.82 Å². The lowest BCUT2D eigenvalue weighted by Crippen LogP contribution is -2.36. The Hall–Kier alpha value is -2.71. The summed E-state index contributed by atoms with van der Waals surface area (Å²) in [5.41, 5.74) is 2.42. The monoisotopic (exact) mass is 470 g/mol. The van der Waals surface area contributed by atoms with E-state index in [9.17, 15) is 13.2 Å². The summed E-state index contributed by atoms with van der Waals surface area (Å²) in [6.07, 6.45) is 0.765. The molecule has 0 fully saturated rings. The number of nitrogens with one attached hydrogen (secondary N) is 1. The lowest BCUT2D eigenvalue weighted by molar-refractivity contribution is -0.122. The number of amides is 1. The third-order valence-electron chi connectivity index (χ3n) is 5.77. The molecule has 33 heavy (non-hydrogen) atoms. The van der Waals surface area contributed by atoms with Crippen molar-refractivity contribution in [1.82, 2.24) is 19.2 Å². The van der Waals surface area contributed by atoms with E-state index in [0.717, 1.165) is 16.9 Å². The summed E-state index contributed by atoms with van der Waals surface area (Å²) >= 11 is 0. The van der Waals surface area contributed by atoms with Gasteiger partial charge >= 0.3 is 0 Å². The predicted octanol–water partition coefficient (Wildman–Crippen LogP) is 4.14. The van der Waals surface area contributed by atoms with Crippen LogP contribution in [0.1, 0.15) is 51.5 Å². The first kappa shape index (κ1) is 24.9. The van der Waals surface area contributed by atoms with Crippen LogP contribution in [0.3, 0.4) is 0 Å². The maximum Gasteiger partial charge on any atom is 0.242 e. The summed E-state index contributed by atoms with van der Waals surface area (Å²) in [7, 11) is -0.521. The molecule has 1 unspecified atom stereocenters. The van der Waals surface area contributed by atoms with E-state index in [0.29, 0.717) is 24.9 Å². The van der Waals surface area contributed by atoms with Crippen molar-refractivity contribution in [2.75, 3.05) is 14.1 Å². The van der Waals surface area contributed by atoms with Crippen LogP contribution < -0.4 is 5.32 Å². The third kappa shape index (κ3) is 5.45. The van der Waals surface area contributed by atoms with E-state index in [4.69, 9.17) is 0 Å². The Morgan fingerprint density at radius 2 is 1.79 bits per heavy atom. The quantitative estimate of drug-likeness (QED) is 0.536. The zero-order chi connectivity index (χ0) is 24.4. The molecule has 0 aliphatic heterocycles. The lowest BCUT2D eigenvalue weighted by atomic mass is 9.82. The average Bonchev–Trinajstić information content (AvgIpc) is 3.12. The minimum absolute atomic E-state index is 0.0376. The number of aryl methyl sites for hydroxylation is 2. The lowest BCUT2D eigenvalue weighted by Gasteiger charge is -2.32. The van der Waals surface area contributed by atoms with Crippen LogP contribution in [0.15, 0.2) is 53.4 Å². The molecule has 1 heterocycles. The van der Waals surface area contributed by atoms with Gasteiger partial charge in [0.15, 0.2) is 0 Å². The Bertz CT molecular complexity index is 1230. The summed E-state index contributed by atoms with van der Waals surface area (Å²) in [5.74, 6) is 0.735. The van der Waals surface area contributed by atoms with Crippen molar-refractivity contribution in [2.24, 2.45) is 5.41 Å². The molecule has 0 radical (unpaired) electrons. The maximum atomic E-state index is 12.9. The molecule has 178 valence electrons. The van der Waals surface area contributed by atoms with Gasteiger partial charge in [-0.15, -0.1) is 0 Å². The summed E-state index contributed by atoms with van der Waals surface area (Å²) in [5, 5.41) is 3.20. The van der Waals surface area contributed by atoms with E-state index in [-0.39, 0.29) is 22.3 Å². The number of carbonyl (C=O) groups excluding carboxylic acids is 1. The van der Waals surface area contributed by atoms with Crippen LogP contribution in [0.5, 0.6) is 0 Å². The molecule has 0 spiro atoms. The van der Waals surface area contributed by atoms with Crippen molar-refractivity contribution in [3.8, 4) is 0 Å². The van der Waals surface area contributed by atoms with Gasteiger partial charge in [-0.25, -0.2) is 17.7 Å². The molecule has 1 amide bonds. The van der Waals surface area contributed by atoms with Gasteiger partial charge in [0.2, 0.25) is 15.9 Å². The number of rotatable bonds is 8. The molecule has 7 nitrogen and oxygen atoms in total. The number of sulfonamides is 1. The Morgan fingerprint density at radius 3 is 2.36 bits per heavy atom. The minimum atomic E-state index is -3.54. The predicted molar refractivity (Wildman–Crippen MR) is 131 cm³/mol. The number of imidazole rings is 1. The molecule has 3 aromatic rings. The molecule has 8 heteroatoms. The van der Waals surface area contributed by atoms with Crippen LogP contribution in [0.4, 0.5) is 0 Å². The van der Waals surface area contributed by atoms with Crippen molar-refractivity contribution >= 4 is 27.0 Å². The van der Waals surface area contributed by atoms with E-state index < -0.39 is 10.0 Å². The van der Waals surface area contributed by atoms with Crippen molar-refractivity contribution < 1.29 is 13.2 Å². The summed E-state index contributed by atoms with van der Waals surface area (Å²) in [4.78, 5) is 17.8. The standard InChI is InChI=1S/C25H34N4O3S/c1-7-29-21-14-13-19(33(31,32)28(5)6)17-20(21)26-22(29)15-16-23(30)27-24(25(2,3)4)18-11-9-8-10-12-18/h8-14,17,24H,7,15-16H2,1-6H3,(H,27,30). The fourth-order valence-electron chi connectivity index (χ4n) is 3.98. The highest BCUT2D eigenvalue weighted by atomic mass is 32.2. The van der Waals surface area contributed by atoms with Gasteiger partial charge < -0.3 is 9.88 Å². The molecule has 2 aromatic carbocycles. The molecule has 1 aromatic heterocycles. The number of fused-ring (bicyclic) bond motifs is 1. The molecule has 0 aliphatic rings. The molecule has 1 atom stereocenters. The summed E-state index contributed by atoms with van der Waals surface area (Å²) in [6.45, 7) is 9.03. The molecular formula is C25H34N4O3S.